The fourth-order valence-corrected chi connectivity index (χ4v) is 3.15. The summed E-state index contributed by atoms with van der Waals surface area (Å²) in [5.74, 6) is 2.77. The van der Waals surface area contributed by atoms with E-state index in [1.54, 1.807) is 0 Å². The van der Waals surface area contributed by atoms with Crippen molar-refractivity contribution in [1.82, 2.24) is 10.2 Å². The molecule has 1 N–H and O–H groups in total. The lowest BCUT2D eigenvalue weighted by Gasteiger charge is -2.15. The SMILES string of the molecule is CCc1oc(C(=O)N2C[C@H]3CNC[C@H]3C2)cc1C. The fourth-order valence-electron chi connectivity index (χ4n) is 3.15. The van der Waals surface area contributed by atoms with Gasteiger partial charge in [0.25, 0.3) is 5.91 Å². The van der Waals surface area contributed by atoms with E-state index in [0.29, 0.717) is 17.6 Å². The molecular weight excluding hydrogens is 228 g/mol. The lowest BCUT2D eigenvalue weighted by atomic mass is 10.0. The molecule has 2 saturated heterocycles. The second-order valence-corrected chi connectivity index (χ2v) is 5.46. The number of carbonyl (C=O) groups is 1. The van der Waals surface area contributed by atoms with Crippen molar-refractivity contribution in [1.29, 1.82) is 0 Å². The van der Waals surface area contributed by atoms with Gasteiger partial charge in [0.15, 0.2) is 5.76 Å². The van der Waals surface area contributed by atoms with E-state index in [1.807, 2.05) is 24.8 Å². The molecule has 3 heterocycles. The van der Waals surface area contributed by atoms with E-state index < -0.39 is 0 Å². The molecule has 1 aromatic rings. The molecule has 0 unspecified atom stereocenters. The Hall–Kier alpha value is -1.29. The van der Waals surface area contributed by atoms with Crippen LogP contribution in [0.25, 0.3) is 0 Å². The summed E-state index contributed by atoms with van der Waals surface area (Å²) in [7, 11) is 0. The van der Waals surface area contributed by atoms with E-state index in [9.17, 15) is 4.79 Å². The van der Waals surface area contributed by atoms with Gasteiger partial charge in [0, 0.05) is 32.6 Å². The van der Waals surface area contributed by atoms with Crippen LogP contribution in [0.3, 0.4) is 0 Å². The van der Waals surface area contributed by atoms with Crippen molar-refractivity contribution in [2.75, 3.05) is 26.2 Å². The maximum absolute atomic E-state index is 12.4. The highest BCUT2D eigenvalue weighted by Gasteiger charge is 2.39. The Bertz CT molecular complexity index is 454. The van der Waals surface area contributed by atoms with Crippen LogP contribution >= 0.6 is 0 Å². The van der Waals surface area contributed by atoms with Gasteiger partial charge in [0.2, 0.25) is 0 Å². The van der Waals surface area contributed by atoms with Crippen LogP contribution in [0.1, 0.15) is 28.8 Å². The van der Waals surface area contributed by atoms with E-state index in [0.717, 1.165) is 43.9 Å². The van der Waals surface area contributed by atoms with Gasteiger partial charge in [-0.3, -0.25) is 4.79 Å². The summed E-state index contributed by atoms with van der Waals surface area (Å²) >= 11 is 0. The van der Waals surface area contributed by atoms with E-state index in [1.165, 1.54) is 0 Å². The quantitative estimate of drug-likeness (QED) is 0.861. The molecule has 2 atom stereocenters. The number of nitrogens with zero attached hydrogens (tertiary/aromatic N) is 1. The van der Waals surface area contributed by atoms with E-state index in [2.05, 4.69) is 5.32 Å². The molecule has 1 aromatic heterocycles. The first-order chi connectivity index (χ1) is 8.69. The molecule has 0 saturated carbocycles. The van der Waals surface area contributed by atoms with Gasteiger partial charge in [-0.05, 0) is 30.4 Å². The van der Waals surface area contributed by atoms with Crippen LogP contribution in [0.15, 0.2) is 10.5 Å². The van der Waals surface area contributed by atoms with E-state index in [-0.39, 0.29) is 5.91 Å². The monoisotopic (exact) mass is 248 g/mol. The van der Waals surface area contributed by atoms with Gasteiger partial charge < -0.3 is 14.6 Å². The lowest BCUT2D eigenvalue weighted by molar-refractivity contribution is 0.0748. The number of rotatable bonds is 2. The Kier molecular flexibility index (Phi) is 2.90. The minimum absolute atomic E-state index is 0.0622. The average Bonchev–Trinajstić information content (AvgIpc) is 3.00. The van der Waals surface area contributed by atoms with Crippen molar-refractivity contribution in [3.63, 3.8) is 0 Å². The zero-order valence-electron chi connectivity index (χ0n) is 11.0. The van der Waals surface area contributed by atoms with Gasteiger partial charge in [-0.2, -0.15) is 0 Å². The number of likely N-dealkylation sites (tertiary alicyclic amines) is 1. The lowest BCUT2D eigenvalue weighted by Crippen LogP contribution is -2.31. The van der Waals surface area contributed by atoms with Gasteiger partial charge in [-0.25, -0.2) is 0 Å². The predicted molar refractivity (Wildman–Crippen MR) is 68.6 cm³/mol. The largest absolute Gasteiger partial charge is 0.456 e. The van der Waals surface area contributed by atoms with Gasteiger partial charge in [0.1, 0.15) is 5.76 Å². The number of fused-ring (bicyclic) bond motifs is 1. The number of nitrogens with one attached hydrogen (secondary N) is 1. The van der Waals surface area contributed by atoms with Gasteiger partial charge in [-0.15, -0.1) is 0 Å². The van der Waals surface area contributed by atoms with Crippen molar-refractivity contribution in [3.05, 3.63) is 23.2 Å². The number of aryl methyl sites for hydroxylation is 2. The summed E-state index contributed by atoms with van der Waals surface area (Å²) < 4.78 is 5.65. The third-order valence-electron chi connectivity index (χ3n) is 4.23. The van der Waals surface area contributed by atoms with Crippen molar-refractivity contribution in [2.45, 2.75) is 20.3 Å². The number of furan rings is 1. The maximum atomic E-state index is 12.4. The first kappa shape index (κ1) is 11.8. The predicted octanol–water partition coefficient (Wildman–Crippen LogP) is 1.44. The van der Waals surface area contributed by atoms with Crippen molar-refractivity contribution < 1.29 is 9.21 Å². The minimum Gasteiger partial charge on any atom is -0.456 e. The van der Waals surface area contributed by atoms with Crippen LogP contribution in [-0.4, -0.2) is 37.0 Å². The molecule has 4 nitrogen and oxygen atoms in total. The normalized spacial score (nSPS) is 26.7. The fraction of sp³-hybridized carbons (Fsp3) is 0.643. The number of hydrogen-bond donors (Lipinski definition) is 1. The third-order valence-corrected chi connectivity index (χ3v) is 4.23. The molecule has 0 aliphatic carbocycles. The topological polar surface area (TPSA) is 45.5 Å². The second-order valence-electron chi connectivity index (χ2n) is 5.46. The van der Waals surface area contributed by atoms with Crippen LogP contribution in [0.5, 0.6) is 0 Å². The highest BCUT2D eigenvalue weighted by atomic mass is 16.4. The standard InChI is InChI=1S/C14H20N2O2/c1-3-12-9(2)4-13(18-12)14(17)16-7-10-5-15-6-11(10)8-16/h4,10-11,15H,3,5-8H2,1-2H3/t10-,11+. The summed E-state index contributed by atoms with van der Waals surface area (Å²) in [5, 5.41) is 3.38. The molecule has 0 aromatic carbocycles. The molecule has 2 aliphatic heterocycles. The summed E-state index contributed by atoms with van der Waals surface area (Å²) in [6, 6.07) is 1.88. The zero-order valence-corrected chi connectivity index (χ0v) is 11.0. The summed E-state index contributed by atoms with van der Waals surface area (Å²) in [6.45, 7) is 7.89. The number of amides is 1. The van der Waals surface area contributed by atoms with Crippen LogP contribution in [0.2, 0.25) is 0 Å². The number of carbonyl (C=O) groups excluding carboxylic acids is 1. The molecule has 1 amide bonds. The zero-order chi connectivity index (χ0) is 12.7. The van der Waals surface area contributed by atoms with Gasteiger partial charge in [-0.1, -0.05) is 6.92 Å². The molecule has 2 fully saturated rings. The molecule has 0 bridgehead atoms. The molecule has 0 radical (unpaired) electrons. The molecule has 4 heteroatoms. The smallest absolute Gasteiger partial charge is 0.289 e. The van der Waals surface area contributed by atoms with E-state index in [4.69, 9.17) is 4.42 Å². The van der Waals surface area contributed by atoms with Gasteiger partial charge >= 0.3 is 0 Å². The van der Waals surface area contributed by atoms with E-state index >= 15 is 0 Å². The number of hydrogen-bond acceptors (Lipinski definition) is 3. The summed E-state index contributed by atoms with van der Waals surface area (Å²) in [4.78, 5) is 14.3. The molecule has 98 valence electrons. The van der Waals surface area contributed by atoms with Crippen molar-refractivity contribution >= 4 is 5.91 Å². The van der Waals surface area contributed by atoms with Crippen LogP contribution in [0, 0.1) is 18.8 Å². The molecule has 0 spiro atoms. The van der Waals surface area contributed by atoms with Crippen LogP contribution in [0.4, 0.5) is 0 Å². The molecule has 3 rings (SSSR count). The Morgan fingerprint density at radius 1 is 1.44 bits per heavy atom. The highest BCUT2D eigenvalue weighted by Crippen LogP contribution is 2.28. The van der Waals surface area contributed by atoms with Crippen LogP contribution < -0.4 is 5.32 Å². The Balaban J connectivity index is 1.74. The minimum atomic E-state index is 0.0622. The van der Waals surface area contributed by atoms with Crippen molar-refractivity contribution in [3.8, 4) is 0 Å². The third kappa shape index (κ3) is 1.85. The van der Waals surface area contributed by atoms with Crippen LogP contribution in [-0.2, 0) is 6.42 Å². The summed E-state index contributed by atoms with van der Waals surface area (Å²) in [6.07, 6.45) is 0.842. The molecule has 2 aliphatic rings. The first-order valence-electron chi connectivity index (χ1n) is 6.78. The Morgan fingerprint density at radius 3 is 2.67 bits per heavy atom. The molecular formula is C14H20N2O2. The first-order valence-corrected chi connectivity index (χ1v) is 6.78. The Labute approximate surface area is 107 Å². The molecule has 18 heavy (non-hydrogen) atoms. The summed E-state index contributed by atoms with van der Waals surface area (Å²) in [5.41, 5.74) is 1.09. The van der Waals surface area contributed by atoms with Gasteiger partial charge in [0.05, 0.1) is 0 Å². The van der Waals surface area contributed by atoms with Crippen molar-refractivity contribution in [2.24, 2.45) is 11.8 Å². The average molecular weight is 248 g/mol. The maximum Gasteiger partial charge on any atom is 0.289 e. The second kappa shape index (κ2) is 4.43. The Morgan fingerprint density at radius 2 is 2.11 bits per heavy atom. The highest BCUT2D eigenvalue weighted by molar-refractivity contribution is 5.92.